The first-order valence-electron chi connectivity index (χ1n) is 10.4. The Bertz CT molecular complexity index is 1220. The van der Waals surface area contributed by atoms with E-state index in [9.17, 15) is 4.79 Å². The highest BCUT2D eigenvalue weighted by molar-refractivity contribution is 5.91. The minimum Gasteiger partial charge on any atom is -0.356 e. The van der Waals surface area contributed by atoms with Crippen molar-refractivity contribution >= 4 is 22.6 Å². The van der Waals surface area contributed by atoms with E-state index in [1.807, 2.05) is 42.2 Å². The number of hydrogen-bond acceptors (Lipinski definition) is 1. The first-order chi connectivity index (χ1) is 14.6. The number of anilines is 1. The molecule has 1 atom stereocenters. The van der Waals surface area contributed by atoms with Crippen LogP contribution in [0, 0.1) is 13.8 Å². The van der Waals surface area contributed by atoms with Crippen molar-refractivity contribution in [2.45, 2.75) is 26.3 Å². The summed E-state index contributed by atoms with van der Waals surface area (Å²) in [6, 6.07) is 24.6. The van der Waals surface area contributed by atoms with Crippen LogP contribution in [-0.4, -0.2) is 22.5 Å². The molecule has 1 aliphatic heterocycles. The standard InChI is InChI=1S/C26H25N3O/c1-17-10-12-19(13-11-17)25-24-22(21-8-3-4-9-23(21)28-24)14-15-29(25)26(30)27-20-7-5-6-18(2)16-20/h3-13,16,25,28H,14-15H2,1-2H3,(H,27,30). The van der Waals surface area contributed by atoms with Crippen LogP contribution in [0.15, 0.2) is 72.8 Å². The van der Waals surface area contributed by atoms with E-state index in [1.54, 1.807) is 0 Å². The van der Waals surface area contributed by atoms with Gasteiger partial charge in [-0.2, -0.15) is 0 Å². The number of nitrogens with one attached hydrogen (secondary N) is 2. The normalized spacial score (nSPS) is 15.8. The summed E-state index contributed by atoms with van der Waals surface area (Å²) in [5, 5.41) is 4.35. The summed E-state index contributed by atoms with van der Waals surface area (Å²) < 4.78 is 0. The molecule has 1 aromatic heterocycles. The van der Waals surface area contributed by atoms with Gasteiger partial charge in [-0.1, -0.05) is 60.2 Å². The van der Waals surface area contributed by atoms with Crippen LogP contribution in [0.3, 0.4) is 0 Å². The Kier molecular flexibility index (Phi) is 4.55. The number of aromatic amines is 1. The molecule has 3 aromatic carbocycles. The van der Waals surface area contributed by atoms with Crippen molar-refractivity contribution in [3.63, 3.8) is 0 Å². The Morgan fingerprint density at radius 1 is 0.967 bits per heavy atom. The van der Waals surface area contributed by atoms with Crippen molar-refractivity contribution < 1.29 is 4.79 Å². The Labute approximate surface area is 176 Å². The zero-order valence-electron chi connectivity index (χ0n) is 17.3. The second kappa shape index (κ2) is 7.38. The maximum Gasteiger partial charge on any atom is 0.322 e. The third-order valence-corrected chi connectivity index (χ3v) is 5.96. The van der Waals surface area contributed by atoms with E-state index in [2.05, 4.69) is 59.7 Å². The molecule has 0 saturated carbocycles. The molecule has 0 radical (unpaired) electrons. The number of amides is 2. The van der Waals surface area contributed by atoms with E-state index >= 15 is 0 Å². The molecular formula is C26H25N3O. The molecule has 2 amide bonds. The van der Waals surface area contributed by atoms with E-state index in [-0.39, 0.29) is 12.1 Å². The molecule has 4 aromatic rings. The highest BCUT2D eigenvalue weighted by atomic mass is 16.2. The fraction of sp³-hybridized carbons (Fsp3) is 0.192. The first-order valence-corrected chi connectivity index (χ1v) is 10.4. The minimum absolute atomic E-state index is 0.0736. The van der Waals surface area contributed by atoms with Gasteiger partial charge < -0.3 is 15.2 Å². The smallest absolute Gasteiger partial charge is 0.322 e. The second-order valence-electron chi connectivity index (χ2n) is 8.12. The number of aromatic nitrogens is 1. The van der Waals surface area contributed by atoms with E-state index in [0.29, 0.717) is 6.54 Å². The zero-order valence-corrected chi connectivity index (χ0v) is 17.3. The summed E-state index contributed by atoms with van der Waals surface area (Å²) in [7, 11) is 0. The number of para-hydroxylation sites is 1. The quantitative estimate of drug-likeness (QED) is 0.432. The Morgan fingerprint density at radius 3 is 2.57 bits per heavy atom. The van der Waals surface area contributed by atoms with Crippen molar-refractivity contribution in [2.75, 3.05) is 11.9 Å². The number of urea groups is 1. The number of aryl methyl sites for hydroxylation is 2. The Morgan fingerprint density at radius 2 is 1.77 bits per heavy atom. The SMILES string of the molecule is Cc1ccc(C2c3[nH]c4ccccc4c3CCN2C(=O)Nc2cccc(C)c2)cc1. The lowest BCUT2D eigenvalue weighted by Gasteiger charge is -2.36. The lowest BCUT2D eigenvalue weighted by molar-refractivity contribution is 0.193. The number of nitrogens with zero attached hydrogens (tertiary/aromatic N) is 1. The molecule has 30 heavy (non-hydrogen) atoms. The summed E-state index contributed by atoms with van der Waals surface area (Å²) in [4.78, 5) is 18.9. The van der Waals surface area contributed by atoms with Crippen LogP contribution < -0.4 is 5.32 Å². The number of hydrogen-bond donors (Lipinski definition) is 2. The van der Waals surface area contributed by atoms with E-state index < -0.39 is 0 Å². The highest BCUT2D eigenvalue weighted by Crippen LogP contribution is 2.38. The second-order valence-corrected chi connectivity index (χ2v) is 8.12. The molecule has 0 spiro atoms. The molecule has 4 heteroatoms. The number of carbonyl (C=O) groups excluding carboxylic acids is 1. The van der Waals surface area contributed by atoms with Gasteiger partial charge in [0.25, 0.3) is 0 Å². The molecular weight excluding hydrogens is 370 g/mol. The van der Waals surface area contributed by atoms with Crippen molar-refractivity contribution in [2.24, 2.45) is 0 Å². The van der Waals surface area contributed by atoms with Crippen molar-refractivity contribution in [1.82, 2.24) is 9.88 Å². The lowest BCUT2D eigenvalue weighted by atomic mass is 9.92. The van der Waals surface area contributed by atoms with Crippen LogP contribution in [0.5, 0.6) is 0 Å². The van der Waals surface area contributed by atoms with Crippen LogP contribution >= 0.6 is 0 Å². The van der Waals surface area contributed by atoms with Crippen molar-refractivity contribution in [1.29, 1.82) is 0 Å². The summed E-state index contributed by atoms with van der Waals surface area (Å²) in [6.07, 6.45) is 0.836. The molecule has 0 saturated heterocycles. The fourth-order valence-corrected chi connectivity index (χ4v) is 4.47. The maximum absolute atomic E-state index is 13.4. The number of carbonyl (C=O) groups is 1. The molecule has 2 heterocycles. The molecule has 4 nitrogen and oxygen atoms in total. The number of benzene rings is 3. The third-order valence-electron chi connectivity index (χ3n) is 5.96. The van der Waals surface area contributed by atoms with Crippen LogP contribution in [-0.2, 0) is 6.42 Å². The van der Waals surface area contributed by atoms with Crippen molar-refractivity contribution in [3.8, 4) is 0 Å². The van der Waals surface area contributed by atoms with Gasteiger partial charge in [0.15, 0.2) is 0 Å². The predicted molar refractivity (Wildman–Crippen MR) is 122 cm³/mol. The van der Waals surface area contributed by atoms with Crippen LogP contribution in [0.25, 0.3) is 10.9 Å². The van der Waals surface area contributed by atoms with Crippen LogP contribution in [0.4, 0.5) is 10.5 Å². The minimum atomic E-state index is -0.147. The molecule has 0 fully saturated rings. The molecule has 1 aliphatic rings. The molecule has 0 bridgehead atoms. The Balaban J connectivity index is 1.57. The van der Waals surface area contributed by atoms with Gasteiger partial charge in [0, 0.05) is 28.8 Å². The molecule has 2 N–H and O–H groups in total. The summed E-state index contributed by atoms with van der Waals surface area (Å²) >= 11 is 0. The predicted octanol–water partition coefficient (Wildman–Crippen LogP) is 5.96. The maximum atomic E-state index is 13.4. The lowest BCUT2D eigenvalue weighted by Crippen LogP contribution is -2.43. The molecule has 0 aliphatic carbocycles. The van der Waals surface area contributed by atoms with Gasteiger partial charge in [-0.3, -0.25) is 0 Å². The number of rotatable bonds is 2. The highest BCUT2D eigenvalue weighted by Gasteiger charge is 2.34. The molecule has 1 unspecified atom stereocenters. The third kappa shape index (κ3) is 3.24. The van der Waals surface area contributed by atoms with Gasteiger partial charge in [0.05, 0.1) is 6.04 Å². The Hall–Kier alpha value is -3.53. The van der Waals surface area contributed by atoms with Crippen molar-refractivity contribution in [3.05, 3.63) is 101 Å². The van der Waals surface area contributed by atoms with Gasteiger partial charge in [0.2, 0.25) is 0 Å². The first kappa shape index (κ1) is 18.5. The number of H-pyrrole nitrogens is 1. The van der Waals surface area contributed by atoms with Gasteiger partial charge in [-0.05, 0) is 55.2 Å². The van der Waals surface area contributed by atoms with Crippen LogP contribution in [0.2, 0.25) is 0 Å². The molecule has 5 rings (SSSR count). The topological polar surface area (TPSA) is 48.1 Å². The van der Waals surface area contributed by atoms with Gasteiger partial charge in [-0.25, -0.2) is 4.79 Å². The fourth-order valence-electron chi connectivity index (χ4n) is 4.47. The zero-order chi connectivity index (χ0) is 20.7. The van der Waals surface area contributed by atoms with Gasteiger partial charge >= 0.3 is 6.03 Å². The van der Waals surface area contributed by atoms with Crippen LogP contribution in [0.1, 0.15) is 34.0 Å². The number of fused-ring (bicyclic) bond motifs is 3. The van der Waals surface area contributed by atoms with Gasteiger partial charge in [-0.15, -0.1) is 0 Å². The summed E-state index contributed by atoms with van der Waals surface area (Å²) in [6.45, 7) is 4.79. The van der Waals surface area contributed by atoms with E-state index in [0.717, 1.165) is 34.4 Å². The average molecular weight is 396 g/mol. The van der Waals surface area contributed by atoms with E-state index in [1.165, 1.54) is 16.5 Å². The summed E-state index contributed by atoms with van der Waals surface area (Å²) in [5.41, 5.74) is 7.83. The van der Waals surface area contributed by atoms with Gasteiger partial charge in [0.1, 0.15) is 0 Å². The summed E-state index contributed by atoms with van der Waals surface area (Å²) in [5.74, 6) is 0. The van der Waals surface area contributed by atoms with E-state index in [4.69, 9.17) is 0 Å². The monoisotopic (exact) mass is 395 g/mol. The molecule has 150 valence electrons. The average Bonchev–Trinajstić information content (AvgIpc) is 3.12. The largest absolute Gasteiger partial charge is 0.356 e.